The molecule has 0 aliphatic heterocycles. The van der Waals surface area contributed by atoms with Gasteiger partial charge in [0.15, 0.2) is 0 Å². The zero-order chi connectivity index (χ0) is 15.7. The van der Waals surface area contributed by atoms with Crippen molar-refractivity contribution in [1.29, 1.82) is 0 Å². The molecule has 0 atom stereocenters. The van der Waals surface area contributed by atoms with Crippen molar-refractivity contribution in [2.24, 2.45) is 5.73 Å². The van der Waals surface area contributed by atoms with Gasteiger partial charge < -0.3 is 21.1 Å². The number of aromatic nitrogens is 2. The molecule has 4 N–H and O–H groups in total. The Morgan fingerprint density at radius 1 is 1.48 bits per heavy atom. The number of amides is 1. The summed E-state index contributed by atoms with van der Waals surface area (Å²) >= 11 is 0. The summed E-state index contributed by atoms with van der Waals surface area (Å²) in [5, 5.41) is 16.6. The van der Waals surface area contributed by atoms with Gasteiger partial charge in [-0.25, -0.2) is 4.98 Å². The molecule has 0 aliphatic rings. The van der Waals surface area contributed by atoms with Gasteiger partial charge in [-0.3, -0.25) is 14.9 Å². The van der Waals surface area contributed by atoms with Crippen molar-refractivity contribution in [2.45, 2.75) is 13.3 Å². The van der Waals surface area contributed by atoms with Crippen LogP contribution in [0.3, 0.4) is 0 Å². The second-order valence-electron chi connectivity index (χ2n) is 4.06. The van der Waals surface area contributed by atoms with E-state index in [0.717, 1.165) is 12.6 Å². The lowest BCUT2D eigenvalue weighted by molar-refractivity contribution is -0.384. The van der Waals surface area contributed by atoms with Crippen molar-refractivity contribution in [2.75, 3.05) is 36.9 Å². The Morgan fingerprint density at radius 3 is 2.86 bits per heavy atom. The summed E-state index contributed by atoms with van der Waals surface area (Å²) < 4.78 is 4.95. The third-order valence-corrected chi connectivity index (χ3v) is 2.28. The van der Waals surface area contributed by atoms with Crippen molar-refractivity contribution in [3.63, 3.8) is 0 Å². The summed E-state index contributed by atoms with van der Waals surface area (Å²) in [4.78, 5) is 28.7. The molecule has 0 aromatic carbocycles. The predicted molar refractivity (Wildman–Crippen MR) is 76.0 cm³/mol. The zero-order valence-corrected chi connectivity index (χ0v) is 11.7. The van der Waals surface area contributed by atoms with Gasteiger partial charge in [-0.15, -0.1) is 0 Å². The summed E-state index contributed by atoms with van der Waals surface area (Å²) in [6.07, 6.45) is 2.02. The average molecular weight is 298 g/mol. The van der Waals surface area contributed by atoms with E-state index in [9.17, 15) is 14.9 Å². The second kappa shape index (κ2) is 8.64. The number of nitro groups is 1. The van der Waals surface area contributed by atoms with Crippen molar-refractivity contribution >= 4 is 23.4 Å². The van der Waals surface area contributed by atoms with E-state index in [1.165, 1.54) is 0 Å². The van der Waals surface area contributed by atoms with Crippen LogP contribution in [0.2, 0.25) is 0 Å². The van der Waals surface area contributed by atoms with E-state index in [4.69, 9.17) is 10.5 Å². The molecule has 0 radical (unpaired) electrons. The molecule has 0 bridgehead atoms. The molecule has 10 nitrogen and oxygen atoms in total. The Labute approximate surface area is 121 Å². The fraction of sp³-hybridized carbons (Fsp3) is 0.545. The Bertz CT molecular complexity index is 496. The molecule has 0 aliphatic carbocycles. The van der Waals surface area contributed by atoms with Gasteiger partial charge in [-0.05, 0) is 6.42 Å². The van der Waals surface area contributed by atoms with Crippen LogP contribution in [0.15, 0.2) is 6.20 Å². The molecule has 0 saturated carbocycles. The topological polar surface area (TPSA) is 145 Å². The van der Waals surface area contributed by atoms with E-state index in [1.807, 2.05) is 6.92 Å². The van der Waals surface area contributed by atoms with Crippen LogP contribution in [0, 0.1) is 10.1 Å². The lowest BCUT2D eigenvalue weighted by Gasteiger charge is -2.08. The number of primary amides is 1. The van der Waals surface area contributed by atoms with E-state index < -0.39 is 10.8 Å². The van der Waals surface area contributed by atoms with Crippen molar-refractivity contribution in [1.82, 2.24) is 9.97 Å². The summed E-state index contributed by atoms with van der Waals surface area (Å²) in [5.74, 6) is -0.173. The minimum Gasteiger partial charge on any atom is -0.370 e. The number of rotatable bonds is 10. The smallest absolute Gasteiger partial charge is 0.329 e. The molecule has 21 heavy (non-hydrogen) atoms. The highest BCUT2D eigenvalue weighted by molar-refractivity contribution is 5.74. The van der Waals surface area contributed by atoms with Gasteiger partial charge in [-0.2, -0.15) is 4.98 Å². The molecule has 1 aromatic rings. The summed E-state index contributed by atoms with van der Waals surface area (Å²) in [5.41, 5.74) is 4.68. The maximum absolute atomic E-state index is 10.9. The second-order valence-corrected chi connectivity index (χ2v) is 4.06. The first-order valence-electron chi connectivity index (χ1n) is 6.39. The molecule has 1 rings (SSSR count). The number of hydrogen-bond donors (Lipinski definition) is 3. The minimum absolute atomic E-state index is 0.0938. The molecule has 116 valence electrons. The lowest BCUT2D eigenvalue weighted by atomic mass is 10.4. The number of nitrogens with two attached hydrogens (primary N) is 1. The van der Waals surface area contributed by atoms with Crippen LogP contribution < -0.4 is 16.4 Å². The average Bonchev–Trinajstić information content (AvgIpc) is 2.44. The minimum atomic E-state index is -0.575. The highest BCUT2D eigenvalue weighted by Crippen LogP contribution is 2.21. The largest absolute Gasteiger partial charge is 0.370 e. The first-order valence-corrected chi connectivity index (χ1v) is 6.39. The van der Waals surface area contributed by atoms with Gasteiger partial charge in [0.25, 0.3) is 0 Å². The maximum atomic E-state index is 10.9. The number of nitrogens with zero attached hydrogens (tertiary/aromatic N) is 3. The summed E-state index contributed by atoms with van der Waals surface area (Å²) in [7, 11) is 0. The van der Waals surface area contributed by atoms with Crippen LogP contribution in [0.4, 0.5) is 17.5 Å². The summed E-state index contributed by atoms with van der Waals surface area (Å²) in [6, 6.07) is 0. The van der Waals surface area contributed by atoms with Crippen LogP contribution in [-0.4, -0.2) is 47.1 Å². The van der Waals surface area contributed by atoms with Gasteiger partial charge in [0.2, 0.25) is 17.7 Å². The number of carbonyl (C=O) groups excluding carboxylic acids is 1. The quantitative estimate of drug-likeness (QED) is 0.313. The first kappa shape index (κ1) is 16.6. The van der Waals surface area contributed by atoms with E-state index in [1.54, 1.807) is 0 Å². The Kier molecular flexibility index (Phi) is 6.81. The van der Waals surface area contributed by atoms with Gasteiger partial charge in [0.05, 0.1) is 11.5 Å². The number of anilines is 2. The molecular weight excluding hydrogens is 280 g/mol. The Morgan fingerprint density at radius 2 is 2.24 bits per heavy atom. The fourth-order valence-electron chi connectivity index (χ4n) is 1.38. The third kappa shape index (κ3) is 5.99. The standard InChI is InChI=1S/C11H18N6O4/c1-2-3-14-11-15-6-8(17(19)20)10(16-11)13-4-5-21-7-9(12)18/h6H,2-5,7H2,1H3,(H2,12,18)(H2,13,14,15,16). The van der Waals surface area contributed by atoms with Crippen LogP contribution in [0.1, 0.15) is 13.3 Å². The molecule has 0 spiro atoms. The molecule has 0 fully saturated rings. The molecule has 1 heterocycles. The lowest BCUT2D eigenvalue weighted by Crippen LogP contribution is -2.21. The predicted octanol–water partition coefficient (Wildman–Crippen LogP) is 0.121. The van der Waals surface area contributed by atoms with E-state index >= 15 is 0 Å². The van der Waals surface area contributed by atoms with E-state index in [2.05, 4.69) is 20.6 Å². The molecule has 0 unspecified atom stereocenters. The number of ether oxygens (including phenoxy) is 1. The van der Waals surface area contributed by atoms with Crippen molar-refractivity contribution in [3.8, 4) is 0 Å². The highest BCUT2D eigenvalue weighted by Gasteiger charge is 2.16. The van der Waals surface area contributed by atoms with E-state index in [-0.39, 0.29) is 31.3 Å². The van der Waals surface area contributed by atoms with E-state index in [0.29, 0.717) is 12.5 Å². The number of nitrogens with one attached hydrogen (secondary N) is 2. The van der Waals surface area contributed by atoms with Gasteiger partial charge in [0.1, 0.15) is 12.8 Å². The van der Waals surface area contributed by atoms with Crippen LogP contribution >= 0.6 is 0 Å². The van der Waals surface area contributed by atoms with Crippen molar-refractivity contribution < 1.29 is 14.5 Å². The van der Waals surface area contributed by atoms with Gasteiger partial charge in [-0.1, -0.05) is 6.92 Å². The van der Waals surface area contributed by atoms with Crippen LogP contribution in [0.25, 0.3) is 0 Å². The molecule has 0 saturated heterocycles. The van der Waals surface area contributed by atoms with Crippen molar-refractivity contribution in [3.05, 3.63) is 16.3 Å². The first-order chi connectivity index (χ1) is 10.0. The highest BCUT2D eigenvalue weighted by atomic mass is 16.6. The zero-order valence-electron chi connectivity index (χ0n) is 11.7. The molecule has 1 aromatic heterocycles. The molecule has 10 heteroatoms. The molecule has 1 amide bonds. The maximum Gasteiger partial charge on any atom is 0.329 e. The van der Waals surface area contributed by atoms with Crippen LogP contribution in [-0.2, 0) is 9.53 Å². The number of hydrogen-bond acceptors (Lipinski definition) is 8. The Hall–Kier alpha value is -2.49. The Balaban J connectivity index is 2.63. The monoisotopic (exact) mass is 298 g/mol. The van der Waals surface area contributed by atoms with Crippen LogP contribution in [0.5, 0.6) is 0 Å². The number of carbonyl (C=O) groups is 1. The fourth-order valence-corrected chi connectivity index (χ4v) is 1.38. The van der Waals surface area contributed by atoms with Gasteiger partial charge >= 0.3 is 5.69 Å². The normalized spacial score (nSPS) is 10.1. The summed E-state index contributed by atoms with van der Waals surface area (Å²) in [6.45, 7) is 2.86. The molecular formula is C11H18N6O4. The third-order valence-electron chi connectivity index (χ3n) is 2.28. The van der Waals surface area contributed by atoms with Gasteiger partial charge in [0, 0.05) is 13.1 Å². The SMILES string of the molecule is CCCNc1ncc([N+](=O)[O-])c(NCCOCC(N)=O)n1.